The first kappa shape index (κ1) is 19.7. The summed E-state index contributed by atoms with van der Waals surface area (Å²) in [6.45, 7) is 2.21. The second-order valence-corrected chi connectivity index (χ2v) is 7.32. The molecule has 1 saturated carbocycles. The molecule has 1 aliphatic carbocycles. The summed E-state index contributed by atoms with van der Waals surface area (Å²) < 4.78 is 55.2. The third kappa shape index (κ3) is 5.24. The molecule has 146 valence electrons. The van der Waals surface area contributed by atoms with Crippen LogP contribution in [-0.4, -0.2) is 6.36 Å². The number of alkyl halides is 3. The quantitative estimate of drug-likeness (QED) is 0.489. The molecule has 0 spiro atoms. The Morgan fingerprint density at radius 2 is 1.63 bits per heavy atom. The molecule has 3 rings (SSSR count). The minimum atomic E-state index is -4.73. The Bertz CT molecular complexity index is 744. The topological polar surface area (TPSA) is 9.23 Å². The molecule has 1 aliphatic rings. The zero-order chi connectivity index (χ0) is 19.4. The van der Waals surface area contributed by atoms with E-state index in [9.17, 15) is 17.6 Å². The van der Waals surface area contributed by atoms with Crippen molar-refractivity contribution in [1.29, 1.82) is 0 Å². The van der Waals surface area contributed by atoms with Gasteiger partial charge in [0.15, 0.2) is 0 Å². The summed E-state index contributed by atoms with van der Waals surface area (Å²) in [5.41, 5.74) is 1.93. The highest BCUT2D eigenvalue weighted by Crippen LogP contribution is 2.38. The van der Waals surface area contributed by atoms with Gasteiger partial charge in [0.1, 0.15) is 11.6 Å². The molecular weight excluding hydrogens is 356 g/mol. The van der Waals surface area contributed by atoms with E-state index in [1.165, 1.54) is 49.9 Å². The lowest BCUT2D eigenvalue weighted by Crippen LogP contribution is -2.16. The minimum Gasteiger partial charge on any atom is -0.406 e. The smallest absolute Gasteiger partial charge is 0.406 e. The van der Waals surface area contributed by atoms with Crippen LogP contribution in [0.3, 0.4) is 0 Å². The largest absolute Gasteiger partial charge is 0.573 e. The summed E-state index contributed by atoms with van der Waals surface area (Å²) in [7, 11) is 0. The van der Waals surface area contributed by atoms with Crippen LogP contribution in [0.5, 0.6) is 5.75 Å². The van der Waals surface area contributed by atoms with Gasteiger partial charge < -0.3 is 4.74 Å². The van der Waals surface area contributed by atoms with Gasteiger partial charge in [0.05, 0.1) is 0 Å². The van der Waals surface area contributed by atoms with Crippen molar-refractivity contribution < 1.29 is 22.3 Å². The first-order valence-electron chi connectivity index (χ1n) is 9.51. The molecule has 0 bridgehead atoms. The maximum atomic E-state index is 14.6. The monoisotopic (exact) mass is 380 g/mol. The first-order chi connectivity index (χ1) is 12.9. The Hall–Kier alpha value is -2.04. The standard InChI is InChI=1S/C22H24F4O/c1-2-3-15-4-6-16(7-5-15)18-10-13-20(21(23)14-18)17-8-11-19(12-9-17)27-22(24,25)26/h8-16H,2-7H2,1H3/t15-,16-. The summed E-state index contributed by atoms with van der Waals surface area (Å²) >= 11 is 0. The summed E-state index contributed by atoms with van der Waals surface area (Å²) in [6, 6.07) is 10.5. The zero-order valence-electron chi connectivity index (χ0n) is 15.4. The van der Waals surface area contributed by atoms with Crippen molar-refractivity contribution in [1.82, 2.24) is 0 Å². The molecule has 27 heavy (non-hydrogen) atoms. The van der Waals surface area contributed by atoms with Crippen molar-refractivity contribution in [2.24, 2.45) is 5.92 Å². The number of halogens is 4. The fourth-order valence-corrected chi connectivity index (χ4v) is 4.05. The van der Waals surface area contributed by atoms with E-state index in [2.05, 4.69) is 11.7 Å². The molecule has 5 heteroatoms. The lowest BCUT2D eigenvalue weighted by molar-refractivity contribution is -0.274. The molecule has 0 aromatic heterocycles. The zero-order valence-corrected chi connectivity index (χ0v) is 15.4. The Labute approximate surface area is 157 Å². The van der Waals surface area contributed by atoms with Gasteiger partial charge in [-0.25, -0.2) is 4.39 Å². The average molecular weight is 380 g/mol. The SMILES string of the molecule is CCC[C@H]1CC[C@H](c2ccc(-c3ccc(OC(F)(F)F)cc3)c(F)c2)CC1. The van der Waals surface area contributed by atoms with Crippen LogP contribution in [-0.2, 0) is 0 Å². The molecule has 1 fully saturated rings. The fraction of sp³-hybridized carbons (Fsp3) is 0.455. The second-order valence-electron chi connectivity index (χ2n) is 7.32. The maximum Gasteiger partial charge on any atom is 0.573 e. The van der Waals surface area contributed by atoms with Gasteiger partial charge in [-0.3, -0.25) is 0 Å². The van der Waals surface area contributed by atoms with Crippen molar-refractivity contribution in [3.63, 3.8) is 0 Å². The van der Waals surface area contributed by atoms with Gasteiger partial charge in [0.25, 0.3) is 0 Å². The normalized spacial score (nSPS) is 20.5. The van der Waals surface area contributed by atoms with Crippen LogP contribution >= 0.6 is 0 Å². The summed E-state index contributed by atoms with van der Waals surface area (Å²) in [6.07, 6.45) is 2.33. The summed E-state index contributed by atoms with van der Waals surface area (Å²) in [5, 5.41) is 0. The highest BCUT2D eigenvalue weighted by atomic mass is 19.4. The number of rotatable bonds is 5. The summed E-state index contributed by atoms with van der Waals surface area (Å²) in [4.78, 5) is 0. The van der Waals surface area contributed by atoms with E-state index >= 15 is 0 Å². The Morgan fingerprint density at radius 1 is 0.963 bits per heavy atom. The van der Waals surface area contributed by atoms with E-state index in [1.807, 2.05) is 6.07 Å². The Morgan fingerprint density at radius 3 is 2.19 bits per heavy atom. The molecule has 0 amide bonds. The van der Waals surface area contributed by atoms with Crippen LogP contribution < -0.4 is 4.74 Å². The van der Waals surface area contributed by atoms with Crippen molar-refractivity contribution in [2.45, 2.75) is 57.7 Å². The third-order valence-electron chi connectivity index (χ3n) is 5.41. The number of benzene rings is 2. The molecule has 0 heterocycles. The number of ether oxygens (including phenoxy) is 1. The molecular formula is C22H24F4O. The van der Waals surface area contributed by atoms with E-state index < -0.39 is 6.36 Å². The second kappa shape index (κ2) is 8.32. The van der Waals surface area contributed by atoms with Crippen molar-refractivity contribution >= 4 is 0 Å². The highest BCUT2D eigenvalue weighted by molar-refractivity contribution is 5.65. The van der Waals surface area contributed by atoms with Gasteiger partial charge in [-0.05, 0) is 66.8 Å². The lowest BCUT2D eigenvalue weighted by atomic mass is 9.77. The van der Waals surface area contributed by atoms with E-state index in [0.717, 1.165) is 24.3 Å². The minimum absolute atomic E-state index is 0.313. The van der Waals surface area contributed by atoms with Crippen LogP contribution in [0.1, 0.15) is 56.9 Å². The predicted octanol–water partition coefficient (Wildman–Crippen LogP) is 7.47. The van der Waals surface area contributed by atoms with Gasteiger partial charge in [-0.15, -0.1) is 13.2 Å². The van der Waals surface area contributed by atoms with Crippen molar-refractivity contribution in [3.8, 4) is 16.9 Å². The Balaban J connectivity index is 1.70. The third-order valence-corrected chi connectivity index (χ3v) is 5.41. The molecule has 1 nitrogen and oxygen atoms in total. The van der Waals surface area contributed by atoms with Gasteiger partial charge in [-0.1, -0.05) is 44.0 Å². The average Bonchev–Trinajstić information content (AvgIpc) is 2.62. The van der Waals surface area contributed by atoms with E-state index in [-0.39, 0.29) is 11.6 Å². The summed E-state index contributed by atoms with van der Waals surface area (Å²) in [5.74, 6) is 0.539. The van der Waals surface area contributed by atoms with Crippen molar-refractivity contribution in [2.75, 3.05) is 0 Å². The first-order valence-corrected chi connectivity index (χ1v) is 9.51. The number of hydrogen-bond acceptors (Lipinski definition) is 1. The Kier molecular flexibility index (Phi) is 6.08. The highest BCUT2D eigenvalue weighted by Gasteiger charge is 2.31. The van der Waals surface area contributed by atoms with Crippen molar-refractivity contribution in [3.05, 3.63) is 53.8 Å². The molecule has 2 aromatic carbocycles. The van der Waals surface area contributed by atoms with Gasteiger partial charge >= 0.3 is 6.36 Å². The molecule has 0 unspecified atom stereocenters. The van der Waals surface area contributed by atoms with Gasteiger partial charge in [-0.2, -0.15) is 0 Å². The predicted molar refractivity (Wildman–Crippen MR) is 98.1 cm³/mol. The van der Waals surface area contributed by atoms with Gasteiger partial charge in [0, 0.05) is 5.56 Å². The fourth-order valence-electron chi connectivity index (χ4n) is 4.05. The van der Waals surface area contributed by atoms with E-state index in [0.29, 0.717) is 17.0 Å². The molecule has 0 aliphatic heterocycles. The van der Waals surface area contributed by atoms with Crippen LogP contribution in [0, 0.1) is 11.7 Å². The van der Waals surface area contributed by atoms with Gasteiger partial charge in [0.2, 0.25) is 0 Å². The molecule has 0 radical (unpaired) electrons. The molecule has 0 N–H and O–H groups in total. The molecule has 2 aromatic rings. The lowest BCUT2D eigenvalue weighted by Gasteiger charge is -2.28. The van der Waals surface area contributed by atoms with Crippen LogP contribution in [0.2, 0.25) is 0 Å². The van der Waals surface area contributed by atoms with Crippen LogP contribution in [0.25, 0.3) is 11.1 Å². The number of hydrogen-bond donors (Lipinski definition) is 0. The van der Waals surface area contributed by atoms with Crippen LogP contribution in [0.4, 0.5) is 17.6 Å². The molecule has 0 saturated heterocycles. The molecule has 0 atom stereocenters. The van der Waals surface area contributed by atoms with Crippen LogP contribution in [0.15, 0.2) is 42.5 Å². The maximum absolute atomic E-state index is 14.6. The van der Waals surface area contributed by atoms with E-state index in [4.69, 9.17) is 0 Å². The van der Waals surface area contributed by atoms with E-state index in [1.54, 1.807) is 12.1 Å².